The molecule has 0 aromatic carbocycles. The monoisotopic (exact) mass is 378 g/mol. The number of nitrogens with two attached hydrogens (primary N) is 1. The topological polar surface area (TPSA) is 89.7 Å². The van der Waals surface area contributed by atoms with Gasteiger partial charge in [-0.15, -0.1) is 11.3 Å². The predicted octanol–water partition coefficient (Wildman–Crippen LogP) is 2.14. The number of carbonyl (C=O) groups excluding carboxylic acids is 3. The molecule has 2 N–H and O–H groups in total. The number of esters is 1. The Morgan fingerprint density at radius 3 is 2.69 bits per heavy atom. The quantitative estimate of drug-likeness (QED) is 0.795. The molecule has 142 valence electrons. The van der Waals surface area contributed by atoms with Gasteiger partial charge in [0.25, 0.3) is 5.91 Å². The number of piperidine rings is 1. The highest BCUT2D eigenvalue weighted by atomic mass is 32.1. The first-order chi connectivity index (χ1) is 12.4. The van der Waals surface area contributed by atoms with Crippen molar-refractivity contribution in [2.75, 3.05) is 13.1 Å². The van der Waals surface area contributed by atoms with Gasteiger partial charge in [-0.2, -0.15) is 0 Å². The van der Waals surface area contributed by atoms with Crippen molar-refractivity contribution in [3.63, 3.8) is 0 Å². The Bertz CT molecular complexity index is 691. The summed E-state index contributed by atoms with van der Waals surface area (Å²) in [6.07, 6.45) is 3.75. The summed E-state index contributed by atoms with van der Waals surface area (Å²) in [5.74, 6) is -1.51. The lowest BCUT2D eigenvalue weighted by atomic mass is 9.96. The molecule has 0 spiro atoms. The number of amides is 2. The van der Waals surface area contributed by atoms with Crippen molar-refractivity contribution < 1.29 is 19.1 Å². The van der Waals surface area contributed by atoms with Crippen LogP contribution < -0.4 is 5.73 Å². The number of aryl methyl sites for hydroxylation is 2. The molecule has 2 amide bonds. The van der Waals surface area contributed by atoms with Gasteiger partial charge < -0.3 is 15.4 Å². The molecule has 26 heavy (non-hydrogen) atoms. The molecule has 1 aliphatic heterocycles. The van der Waals surface area contributed by atoms with E-state index in [1.165, 1.54) is 21.8 Å². The largest absolute Gasteiger partial charge is 0.448 e. The molecule has 7 heteroatoms. The summed E-state index contributed by atoms with van der Waals surface area (Å²) in [4.78, 5) is 40.4. The SMILES string of the molecule is CC(C)[C@H](OC(=O)c1cc2c(s1)CCC2)C(=O)N1CCC[C@H](C(N)=O)C1. The maximum absolute atomic E-state index is 12.9. The van der Waals surface area contributed by atoms with E-state index in [0.29, 0.717) is 24.4 Å². The van der Waals surface area contributed by atoms with Crippen molar-refractivity contribution in [2.24, 2.45) is 17.6 Å². The van der Waals surface area contributed by atoms with E-state index in [-0.39, 0.29) is 23.7 Å². The van der Waals surface area contributed by atoms with Crippen molar-refractivity contribution in [2.45, 2.75) is 52.1 Å². The number of hydrogen-bond donors (Lipinski definition) is 1. The van der Waals surface area contributed by atoms with Gasteiger partial charge in [0.05, 0.1) is 5.92 Å². The van der Waals surface area contributed by atoms with E-state index in [9.17, 15) is 14.4 Å². The van der Waals surface area contributed by atoms with Gasteiger partial charge in [-0.3, -0.25) is 9.59 Å². The maximum atomic E-state index is 12.9. The van der Waals surface area contributed by atoms with Crippen LogP contribution in [0.15, 0.2) is 6.07 Å². The average molecular weight is 378 g/mol. The van der Waals surface area contributed by atoms with Gasteiger partial charge in [0, 0.05) is 18.0 Å². The first kappa shape index (κ1) is 18.9. The van der Waals surface area contributed by atoms with E-state index in [0.717, 1.165) is 25.7 Å². The highest BCUT2D eigenvalue weighted by Gasteiger charge is 2.35. The highest BCUT2D eigenvalue weighted by molar-refractivity contribution is 7.14. The van der Waals surface area contributed by atoms with Crippen LogP contribution in [-0.2, 0) is 27.2 Å². The second-order valence-corrected chi connectivity index (χ2v) is 8.65. The number of thiophene rings is 1. The standard InChI is InChI=1S/C19H26N2O4S/c1-11(2)16(18(23)21-8-4-6-13(10-21)17(20)22)25-19(24)15-9-12-5-3-7-14(12)26-15/h9,11,13,16H,3-8,10H2,1-2H3,(H2,20,22)/t13-,16-/m0/s1. The Labute approximate surface area is 157 Å². The lowest BCUT2D eigenvalue weighted by Crippen LogP contribution is -2.50. The molecule has 1 aliphatic carbocycles. The molecular formula is C19H26N2O4S. The van der Waals surface area contributed by atoms with Gasteiger partial charge in [-0.05, 0) is 49.7 Å². The highest BCUT2D eigenvalue weighted by Crippen LogP contribution is 2.31. The third-order valence-corrected chi connectivity index (χ3v) is 6.38. The fourth-order valence-corrected chi connectivity index (χ4v) is 4.80. The minimum atomic E-state index is -0.842. The third kappa shape index (κ3) is 3.92. The minimum absolute atomic E-state index is 0.146. The fraction of sp³-hybridized carbons (Fsp3) is 0.632. The number of likely N-dealkylation sites (tertiary alicyclic amines) is 1. The molecule has 0 radical (unpaired) electrons. The number of hydrogen-bond acceptors (Lipinski definition) is 5. The Balaban J connectivity index is 1.68. The molecule has 1 saturated heterocycles. The van der Waals surface area contributed by atoms with Crippen molar-refractivity contribution in [1.82, 2.24) is 4.90 Å². The van der Waals surface area contributed by atoms with Crippen LogP contribution in [0.5, 0.6) is 0 Å². The lowest BCUT2D eigenvalue weighted by molar-refractivity contribution is -0.145. The summed E-state index contributed by atoms with van der Waals surface area (Å²) in [5, 5.41) is 0. The van der Waals surface area contributed by atoms with Crippen LogP contribution in [0, 0.1) is 11.8 Å². The summed E-state index contributed by atoms with van der Waals surface area (Å²) >= 11 is 1.47. The van der Waals surface area contributed by atoms with Crippen molar-refractivity contribution in [1.29, 1.82) is 0 Å². The van der Waals surface area contributed by atoms with E-state index >= 15 is 0 Å². The molecule has 2 aliphatic rings. The molecule has 3 rings (SSSR count). The Hall–Kier alpha value is -1.89. The average Bonchev–Trinajstić information content (AvgIpc) is 3.20. The summed E-state index contributed by atoms with van der Waals surface area (Å²) in [6, 6.07) is 1.90. The Kier molecular flexibility index (Phi) is 5.65. The van der Waals surface area contributed by atoms with Crippen molar-refractivity contribution in [3.05, 3.63) is 21.4 Å². The van der Waals surface area contributed by atoms with Gasteiger partial charge in [0.2, 0.25) is 5.91 Å². The van der Waals surface area contributed by atoms with Gasteiger partial charge >= 0.3 is 5.97 Å². The molecule has 0 bridgehead atoms. The molecule has 2 atom stereocenters. The van der Waals surface area contributed by atoms with Gasteiger partial charge in [0.1, 0.15) is 4.88 Å². The summed E-state index contributed by atoms with van der Waals surface area (Å²) in [6.45, 7) is 4.60. The molecule has 1 aromatic rings. The first-order valence-corrected chi connectivity index (χ1v) is 10.1. The van der Waals surface area contributed by atoms with Crippen molar-refractivity contribution >= 4 is 29.1 Å². The molecule has 1 aromatic heterocycles. The van der Waals surface area contributed by atoms with Crippen LogP contribution in [-0.4, -0.2) is 41.9 Å². The van der Waals surface area contributed by atoms with E-state index in [1.807, 2.05) is 19.9 Å². The predicted molar refractivity (Wildman–Crippen MR) is 98.9 cm³/mol. The minimum Gasteiger partial charge on any atom is -0.448 e. The third-order valence-electron chi connectivity index (χ3n) is 5.17. The number of rotatable bonds is 5. The van der Waals surface area contributed by atoms with Crippen LogP contribution in [0.25, 0.3) is 0 Å². The molecule has 1 fully saturated rings. The number of primary amides is 1. The second kappa shape index (κ2) is 7.78. The molecule has 0 unspecified atom stereocenters. The molecule has 6 nitrogen and oxygen atoms in total. The number of fused-ring (bicyclic) bond motifs is 1. The number of ether oxygens (including phenoxy) is 1. The second-order valence-electron chi connectivity index (χ2n) is 7.51. The summed E-state index contributed by atoms with van der Waals surface area (Å²) in [7, 11) is 0. The number of nitrogens with zero attached hydrogens (tertiary/aromatic N) is 1. The molecule has 2 heterocycles. The maximum Gasteiger partial charge on any atom is 0.349 e. The Morgan fingerprint density at radius 2 is 2.04 bits per heavy atom. The van der Waals surface area contributed by atoms with Crippen molar-refractivity contribution in [3.8, 4) is 0 Å². The fourth-order valence-electron chi connectivity index (χ4n) is 3.66. The zero-order chi connectivity index (χ0) is 18.8. The normalized spacial score (nSPS) is 20.7. The van der Waals surface area contributed by atoms with Crippen LogP contribution >= 0.6 is 11.3 Å². The van der Waals surface area contributed by atoms with E-state index < -0.39 is 12.1 Å². The van der Waals surface area contributed by atoms with Crippen LogP contribution in [0.3, 0.4) is 0 Å². The zero-order valence-corrected chi connectivity index (χ0v) is 16.1. The van der Waals surface area contributed by atoms with Crippen LogP contribution in [0.4, 0.5) is 0 Å². The van der Waals surface area contributed by atoms with Crippen LogP contribution in [0.1, 0.15) is 53.2 Å². The summed E-state index contributed by atoms with van der Waals surface area (Å²) < 4.78 is 5.61. The van der Waals surface area contributed by atoms with Crippen LogP contribution in [0.2, 0.25) is 0 Å². The lowest BCUT2D eigenvalue weighted by Gasteiger charge is -2.34. The van der Waals surface area contributed by atoms with Gasteiger partial charge in [-0.1, -0.05) is 13.8 Å². The number of carbonyl (C=O) groups is 3. The smallest absolute Gasteiger partial charge is 0.349 e. The summed E-state index contributed by atoms with van der Waals surface area (Å²) in [5.41, 5.74) is 6.63. The van der Waals surface area contributed by atoms with Gasteiger partial charge in [-0.25, -0.2) is 4.79 Å². The zero-order valence-electron chi connectivity index (χ0n) is 15.3. The van der Waals surface area contributed by atoms with E-state index in [2.05, 4.69) is 0 Å². The first-order valence-electron chi connectivity index (χ1n) is 9.27. The molecular weight excluding hydrogens is 352 g/mol. The van der Waals surface area contributed by atoms with Gasteiger partial charge in [0.15, 0.2) is 6.10 Å². The Morgan fingerprint density at radius 1 is 1.27 bits per heavy atom. The van der Waals surface area contributed by atoms with E-state index in [1.54, 1.807) is 4.90 Å². The molecule has 0 saturated carbocycles. The van der Waals surface area contributed by atoms with E-state index in [4.69, 9.17) is 10.5 Å².